The molecule has 0 aliphatic heterocycles. The summed E-state index contributed by atoms with van der Waals surface area (Å²) in [5.41, 5.74) is 6.35. The first kappa shape index (κ1) is 19.5. The molecule has 0 radical (unpaired) electrons. The van der Waals surface area contributed by atoms with Crippen molar-refractivity contribution < 1.29 is 14.4 Å². The van der Waals surface area contributed by atoms with Gasteiger partial charge >= 0.3 is 0 Å². The van der Waals surface area contributed by atoms with Crippen LogP contribution in [-0.2, 0) is 4.79 Å². The average molecular weight is 374 g/mol. The summed E-state index contributed by atoms with van der Waals surface area (Å²) in [5, 5.41) is 4.86. The third-order valence-corrected chi connectivity index (χ3v) is 4.58. The fourth-order valence-corrected chi connectivity index (χ4v) is 3.16. The lowest BCUT2D eigenvalue weighted by molar-refractivity contribution is -0.119. The van der Waals surface area contributed by atoms with Crippen molar-refractivity contribution in [3.63, 3.8) is 0 Å². The van der Waals surface area contributed by atoms with Crippen LogP contribution in [0.5, 0.6) is 0 Å². The van der Waals surface area contributed by atoms with Gasteiger partial charge in [-0.1, -0.05) is 0 Å². The van der Waals surface area contributed by atoms with Crippen LogP contribution in [0.25, 0.3) is 0 Å². The largest absolute Gasteiger partial charge is 0.372 e. The van der Waals surface area contributed by atoms with E-state index in [1.54, 1.807) is 23.6 Å². The molecule has 0 atom stereocenters. The van der Waals surface area contributed by atoms with Crippen LogP contribution in [0.2, 0.25) is 0 Å². The van der Waals surface area contributed by atoms with E-state index >= 15 is 0 Å². The number of benzene rings is 1. The highest BCUT2D eigenvalue weighted by Crippen LogP contribution is 2.24. The van der Waals surface area contributed by atoms with E-state index in [0.29, 0.717) is 10.6 Å². The van der Waals surface area contributed by atoms with Gasteiger partial charge in [0.2, 0.25) is 5.91 Å². The number of thiophene rings is 1. The van der Waals surface area contributed by atoms with Gasteiger partial charge in [-0.15, -0.1) is 11.3 Å². The minimum atomic E-state index is -0.492. The Balaban J connectivity index is 2.07. The quantitative estimate of drug-likeness (QED) is 0.678. The molecule has 3 amide bonds. The summed E-state index contributed by atoms with van der Waals surface area (Å²) >= 11 is 1.24. The van der Waals surface area contributed by atoms with Crippen LogP contribution in [0.4, 0.5) is 10.7 Å². The van der Waals surface area contributed by atoms with Crippen molar-refractivity contribution in [3.8, 4) is 0 Å². The molecule has 0 spiro atoms. The van der Waals surface area contributed by atoms with Crippen LogP contribution >= 0.6 is 11.3 Å². The second-order valence-corrected chi connectivity index (χ2v) is 6.39. The van der Waals surface area contributed by atoms with E-state index in [2.05, 4.69) is 34.9 Å². The number of nitrogens with one attached hydrogen (secondary N) is 3. The third kappa shape index (κ3) is 4.82. The van der Waals surface area contributed by atoms with E-state index < -0.39 is 5.91 Å². The van der Waals surface area contributed by atoms with Crippen molar-refractivity contribution >= 4 is 39.7 Å². The molecule has 7 nitrogen and oxygen atoms in total. The van der Waals surface area contributed by atoms with Gasteiger partial charge in [0, 0.05) is 31.3 Å². The normalized spacial score (nSPS) is 10.1. The molecule has 8 heteroatoms. The van der Waals surface area contributed by atoms with Crippen molar-refractivity contribution in [3.05, 3.63) is 46.8 Å². The summed E-state index contributed by atoms with van der Waals surface area (Å²) in [6.07, 6.45) is 0. The fourth-order valence-electron chi connectivity index (χ4n) is 2.38. The Morgan fingerprint density at radius 1 is 0.962 bits per heavy atom. The number of hydrazine groups is 1. The molecule has 26 heavy (non-hydrogen) atoms. The number of hydrogen-bond donors (Lipinski definition) is 3. The third-order valence-electron chi connectivity index (χ3n) is 3.75. The van der Waals surface area contributed by atoms with Gasteiger partial charge < -0.3 is 10.2 Å². The van der Waals surface area contributed by atoms with Gasteiger partial charge in [0.05, 0.1) is 5.56 Å². The molecule has 1 heterocycles. The van der Waals surface area contributed by atoms with Crippen molar-refractivity contribution in [2.24, 2.45) is 0 Å². The van der Waals surface area contributed by atoms with Gasteiger partial charge in [0.15, 0.2) is 0 Å². The molecule has 0 fully saturated rings. The van der Waals surface area contributed by atoms with Gasteiger partial charge in [-0.25, -0.2) is 0 Å². The lowest BCUT2D eigenvalue weighted by Crippen LogP contribution is -2.40. The van der Waals surface area contributed by atoms with Gasteiger partial charge in [-0.05, 0) is 49.6 Å². The van der Waals surface area contributed by atoms with Crippen molar-refractivity contribution in [2.45, 2.75) is 20.8 Å². The molecule has 0 aliphatic carbocycles. The van der Waals surface area contributed by atoms with Crippen LogP contribution in [0.15, 0.2) is 35.7 Å². The standard InChI is InChI=1S/C18H22N4O3S/c1-4-22(5-2)14-8-6-13(7-9-14)16(24)19-18-15(10-11-26-18)17(25)21-20-12(3)23/h6-11H,4-5H2,1-3H3,(H,19,24)(H,20,23)(H,21,25). The van der Waals surface area contributed by atoms with E-state index in [-0.39, 0.29) is 17.4 Å². The molecule has 2 aromatic rings. The number of rotatable bonds is 6. The van der Waals surface area contributed by atoms with E-state index in [1.165, 1.54) is 18.3 Å². The summed E-state index contributed by atoms with van der Waals surface area (Å²) in [5.74, 6) is -1.17. The highest BCUT2D eigenvalue weighted by molar-refractivity contribution is 7.14. The number of hydrogen-bond acceptors (Lipinski definition) is 5. The molecule has 1 aromatic carbocycles. The van der Waals surface area contributed by atoms with E-state index in [9.17, 15) is 14.4 Å². The molecule has 1 aromatic heterocycles. The molecule has 0 aliphatic rings. The van der Waals surface area contributed by atoms with Crippen LogP contribution < -0.4 is 21.1 Å². The molecule has 0 bridgehead atoms. The number of nitrogens with zero attached hydrogens (tertiary/aromatic N) is 1. The number of carbonyl (C=O) groups is 3. The average Bonchev–Trinajstić information content (AvgIpc) is 3.09. The Labute approximate surface area is 156 Å². The summed E-state index contributed by atoms with van der Waals surface area (Å²) < 4.78 is 0. The number of anilines is 2. The van der Waals surface area contributed by atoms with Crippen LogP contribution in [-0.4, -0.2) is 30.8 Å². The first-order valence-electron chi connectivity index (χ1n) is 8.27. The molecule has 0 unspecified atom stereocenters. The maximum Gasteiger partial charge on any atom is 0.272 e. The molecule has 3 N–H and O–H groups in total. The van der Waals surface area contributed by atoms with Gasteiger partial charge in [0.25, 0.3) is 11.8 Å². The van der Waals surface area contributed by atoms with Gasteiger partial charge in [0.1, 0.15) is 5.00 Å². The first-order valence-corrected chi connectivity index (χ1v) is 9.15. The van der Waals surface area contributed by atoms with Crippen molar-refractivity contribution in [1.82, 2.24) is 10.9 Å². The number of carbonyl (C=O) groups excluding carboxylic acids is 3. The molecule has 2 rings (SSSR count). The summed E-state index contributed by atoms with van der Waals surface area (Å²) in [4.78, 5) is 37.6. The monoisotopic (exact) mass is 374 g/mol. The molecule has 0 saturated heterocycles. The van der Waals surface area contributed by atoms with Crippen LogP contribution in [0.1, 0.15) is 41.5 Å². The first-order chi connectivity index (χ1) is 12.5. The van der Waals surface area contributed by atoms with E-state index in [4.69, 9.17) is 0 Å². The Bertz CT molecular complexity index is 782. The fraction of sp³-hybridized carbons (Fsp3) is 0.278. The Morgan fingerprint density at radius 2 is 1.62 bits per heavy atom. The zero-order chi connectivity index (χ0) is 19.1. The zero-order valence-corrected chi connectivity index (χ0v) is 15.8. The maximum absolute atomic E-state index is 12.5. The number of amides is 3. The van der Waals surface area contributed by atoms with Crippen LogP contribution in [0, 0.1) is 0 Å². The summed E-state index contributed by atoms with van der Waals surface area (Å²) in [6.45, 7) is 7.23. The SMILES string of the molecule is CCN(CC)c1ccc(C(=O)Nc2sccc2C(=O)NNC(C)=O)cc1. The highest BCUT2D eigenvalue weighted by atomic mass is 32.1. The smallest absolute Gasteiger partial charge is 0.272 e. The lowest BCUT2D eigenvalue weighted by Gasteiger charge is -2.21. The maximum atomic E-state index is 12.5. The summed E-state index contributed by atoms with van der Waals surface area (Å²) in [6, 6.07) is 8.91. The highest BCUT2D eigenvalue weighted by Gasteiger charge is 2.16. The van der Waals surface area contributed by atoms with Crippen LogP contribution in [0.3, 0.4) is 0 Å². The Hall–Kier alpha value is -2.87. The van der Waals surface area contributed by atoms with E-state index in [0.717, 1.165) is 18.8 Å². The van der Waals surface area contributed by atoms with E-state index in [1.807, 2.05) is 12.1 Å². The molecular weight excluding hydrogens is 352 g/mol. The zero-order valence-electron chi connectivity index (χ0n) is 15.0. The Morgan fingerprint density at radius 3 is 2.19 bits per heavy atom. The Kier molecular flexibility index (Phi) is 6.74. The van der Waals surface area contributed by atoms with Crippen molar-refractivity contribution in [2.75, 3.05) is 23.3 Å². The van der Waals surface area contributed by atoms with Gasteiger partial charge in [-0.3, -0.25) is 25.2 Å². The minimum Gasteiger partial charge on any atom is -0.372 e. The summed E-state index contributed by atoms with van der Waals surface area (Å²) in [7, 11) is 0. The van der Waals surface area contributed by atoms with Crippen molar-refractivity contribution in [1.29, 1.82) is 0 Å². The second kappa shape index (κ2) is 9.00. The topological polar surface area (TPSA) is 90.5 Å². The lowest BCUT2D eigenvalue weighted by atomic mass is 10.1. The predicted molar refractivity (Wildman–Crippen MR) is 104 cm³/mol. The second-order valence-electron chi connectivity index (χ2n) is 5.47. The predicted octanol–water partition coefficient (Wildman–Crippen LogP) is 2.63. The molecular formula is C18H22N4O3S. The minimum absolute atomic E-state index is 0.289. The van der Waals surface area contributed by atoms with Gasteiger partial charge in [-0.2, -0.15) is 0 Å². The molecule has 138 valence electrons. The molecule has 0 saturated carbocycles.